The van der Waals surface area contributed by atoms with Crippen molar-refractivity contribution < 1.29 is 9.84 Å². The topological polar surface area (TPSA) is 41.5 Å². The van der Waals surface area contributed by atoms with E-state index < -0.39 is 0 Å². The second kappa shape index (κ2) is 8.97. The minimum atomic E-state index is -0.192. The van der Waals surface area contributed by atoms with E-state index in [2.05, 4.69) is 33.0 Å². The third-order valence-electron chi connectivity index (χ3n) is 3.05. The lowest BCUT2D eigenvalue weighted by molar-refractivity contribution is 0.112. The molecule has 0 amide bonds. The molecule has 0 aromatic carbocycles. The minimum absolute atomic E-state index is 0.192. The monoisotopic (exact) mass is 231 g/mol. The van der Waals surface area contributed by atoms with Crippen molar-refractivity contribution in [3.05, 3.63) is 0 Å². The lowest BCUT2D eigenvalue weighted by Crippen LogP contribution is -2.37. The van der Waals surface area contributed by atoms with Gasteiger partial charge in [0.15, 0.2) is 0 Å². The van der Waals surface area contributed by atoms with E-state index in [4.69, 9.17) is 4.74 Å². The van der Waals surface area contributed by atoms with Gasteiger partial charge in [-0.15, -0.1) is 0 Å². The molecular weight excluding hydrogens is 202 g/mol. The van der Waals surface area contributed by atoms with E-state index in [0.717, 1.165) is 26.0 Å². The van der Waals surface area contributed by atoms with Crippen LogP contribution in [0.4, 0.5) is 0 Å². The number of rotatable bonds is 9. The van der Waals surface area contributed by atoms with Crippen molar-refractivity contribution in [1.82, 2.24) is 5.32 Å². The number of aliphatic hydroxyl groups excluding tert-OH is 1. The van der Waals surface area contributed by atoms with Crippen LogP contribution in [-0.2, 0) is 4.74 Å². The van der Waals surface area contributed by atoms with Gasteiger partial charge in [-0.25, -0.2) is 0 Å². The molecule has 3 nitrogen and oxygen atoms in total. The first-order chi connectivity index (χ1) is 7.49. The third kappa shape index (κ3) is 7.20. The van der Waals surface area contributed by atoms with Crippen molar-refractivity contribution in [3.63, 3.8) is 0 Å². The zero-order valence-electron chi connectivity index (χ0n) is 11.5. The molecule has 2 N–H and O–H groups in total. The van der Waals surface area contributed by atoms with Gasteiger partial charge in [-0.05, 0) is 31.2 Å². The smallest absolute Gasteiger partial charge is 0.0575 e. The van der Waals surface area contributed by atoms with Gasteiger partial charge in [-0.2, -0.15) is 0 Å². The number of ether oxygens (including phenoxy) is 1. The zero-order chi connectivity index (χ0) is 12.6. The van der Waals surface area contributed by atoms with Gasteiger partial charge in [-0.1, -0.05) is 27.7 Å². The van der Waals surface area contributed by atoms with Gasteiger partial charge in [0.1, 0.15) is 0 Å². The summed E-state index contributed by atoms with van der Waals surface area (Å²) in [5, 5.41) is 13.2. The lowest BCUT2D eigenvalue weighted by atomic mass is 10.00. The number of nitrogens with one attached hydrogen (secondary N) is 1. The number of methoxy groups -OCH3 is 1. The Morgan fingerprint density at radius 2 is 1.69 bits per heavy atom. The van der Waals surface area contributed by atoms with Crippen LogP contribution in [0.1, 0.15) is 40.5 Å². The second-order valence-electron chi connectivity index (χ2n) is 5.19. The molecule has 0 aliphatic heterocycles. The molecule has 0 aliphatic rings. The first-order valence-electron chi connectivity index (χ1n) is 6.39. The molecule has 0 rings (SSSR count). The largest absolute Gasteiger partial charge is 0.393 e. The van der Waals surface area contributed by atoms with Gasteiger partial charge in [0.05, 0.1) is 6.10 Å². The van der Waals surface area contributed by atoms with Crippen LogP contribution in [0.25, 0.3) is 0 Å². The Hall–Kier alpha value is -0.120. The van der Waals surface area contributed by atoms with Crippen LogP contribution in [0, 0.1) is 11.8 Å². The van der Waals surface area contributed by atoms with Crippen LogP contribution >= 0.6 is 0 Å². The van der Waals surface area contributed by atoms with Crippen LogP contribution in [0.2, 0.25) is 0 Å². The molecule has 0 radical (unpaired) electrons. The Bertz CT molecular complexity index is 160. The molecule has 3 heteroatoms. The van der Waals surface area contributed by atoms with E-state index in [9.17, 15) is 5.11 Å². The van der Waals surface area contributed by atoms with E-state index in [1.165, 1.54) is 0 Å². The predicted octanol–water partition coefficient (Wildman–Crippen LogP) is 2.04. The predicted molar refractivity (Wildman–Crippen MR) is 68.6 cm³/mol. The summed E-state index contributed by atoms with van der Waals surface area (Å²) in [6.45, 7) is 10.2. The van der Waals surface area contributed by atoms with Gasteiger partial charge in [-0.3, -0.25) is 0 Å². The highest BCUT2D eigenvalue weighted by Crippen LogP contribution is 2.08. The zero-order valence-corrected chi connectivity index (χ0v) is 11.5. The quantitative estimate of drug-likeness (QED) is 0.638. The fraction of sp³-hybridized carbons (Fsp3) is 1.00. The summed E-state index contributed by atoms with van der Waals surface area (Å²) in [5.74, 6) is 0.949. The maximum Gasteiger partial charge on any atom is 0.0575 e. The van der Waals surface area contributed by atoms with E-state index >= 15 is 0 Å². The van der Waals surface area contributed by atoms with E-state index in [1.54, 1.807) is 7.11 Å². The molecular formula is C13H29NO2. The maximum absolute atomic E-state index is 9.69. The van der Waals surface area contributed by atoms with Gasteiger partial charge >= 0.3 is 0 Å². The Kier molecular flexibility index (Phi) is 8.90. The molecule has 98 valence electrons. The van der Waals surface area contributed by atoms with E-state index in [-0.39, 0.29) is 6.10 Å². The molecule has 0 aromatic heterocycles. The number of aliphatic hydroxyl groups is 1. The molecule has 0 aliphatic carbocycles. The molecule has 2 unspecified atom stereocenters. The summed E-state index contributed by atoms with van der Waals surface area (Å²) >= 11 is 0. The summed E-state index contributed by atoms with van der Waals surface area (Å²) in [4.78, 5) is 0. The molecule has 16 heavy (non-hydrogen) atoms. The van der Waals surface area contributed by atoms with Gasteiger partial charge < -0.3 is 15.2 Å². The molecule has 0 fully saturated rings. The average Bonchev–Trinajstić information content (AvgIpc) is 2.21. The molecule has 0 spiro atoms. The van der Waals surface area contributed by atoms with Crippen LogP contribution in [0.5, 0.6) is 0 Å². The highest BCUT2D eigenvalue weighted by atomic mass is 16.5. The molecule has 0 saturated heterocycles. The van der Waals surface area contributed by atoms with Gasteiger partial charge in [0, 0.05) is 19.8 Å². The van der Waals surface area contributed by atoms with Gasteiger partial charge in [0.2, 0.25) is 0 Å². The average molecular weight is 231 g/mol. The normalized spacial score (nSPS) is 15.8. The van der Waals surface area contributed by atoms with Crippen LogP contribution in [0.15, 0.2) is 0 Å². The summed E-state index contributed by atoms with van der Waals surface area (Å²) < 4.78 is 5.10. The minimum Gasteiger partial charge on any atom is -0.393 e. The highest BCUT2D eigenvalue weighted by molar-refractivity contribution is 4.71. The van der Waals surface area contributed by atoms with Crippen LogP contribution in [-0.4, -0.2) is 37.5 Å². The van der Waals surface area contributed by atoms with E-state index in [0.29, 0.717) is 17.9 Å². The molecule has 0 bridgehead atoms. The van der Waals surface area contributed by atoms with Crippen molar-refractivity contribution in [1.29, 1.82) is 0 Å². The van der Waals surface area contributed by atoms with Crippen LogP contribution < -0.4 is 5.32 Å². The summed E-state index contributed by atoms with van der Waals surface area (Å²) in [6, 6.07) is 0.485. The lowest BCUT2D eigenvalue weighted by Gasteiger charge is -2.23. The van der Waals surface area contributed by atoms with Crippen LogP contribution in [0.3, 0.4) is 0 Å². The van der Waals surface area contributed by atoms with Crippen molar-refractivity contribution in [2.24, 2.45) is 11.8 Å². The molecule has 0 aromatic rings. The Balaban J connectivity index is 3.75. The fourth-order valence-corrected chi connectivity index (χ4v) is 1.67. The van der Waals surface area contributed by atoms with Crippen molar-refractivity contribution >= 4 is 0 Å². The maximum atomic E-state index is 9.69. The van der Waals surface area contributed by atoms with Crippen molar-refractivity contribution in [3.8, 4) is 0 Å². The summed E-state index contributed by atoms with van der Waals surface area (Å²) in [7, 11) is 1.74. The Morgan fingerprint density at radius 1 is 1.06 bits per heavy atom. The first kappa shape index (κ1) is 15.9. The standard InChI is InChI=1S/C13H29NO2/c1-10(2)12(7-9-16-5)14-8-6-13(15)11(3)4/h10-15H,6-9H2,1-5H3. The SMILES string of the molecule is COCCC(NCCC(O)C(C)C)C(C)C. The molecule has 0 heterocycles. The third-order valence-corrected chi connectivity index (χ3v) is 3.05. The fourth-order valence-electron chi connectivity index (χ4n) is 1.67. The molecule has 0 saturated carbocycles. The number of hydrogen-bond donors (Lipinski definition) is 2. The van der Waals surface area contributed by atoms with Gasteiger partial charge in [0.25, 0.3) is 0 Å². The highest BCUT2D eigenvalue weighted by Gasteiger charge is 2.14. The van der Waals surface area contributed by atoms with Crippen molar-refractivity contribution in [2.75, 3.05) is 20.3 Å². The molecule has 2 atom stereocenters. The first-order valence-corrected chi connectivity index (χ1v) is 6.39. The summed E-state index contributed by atoms with van der Waals surface area (Å²) in [5.41, 5.74) is 0. The van der Waals surface area contributed by atoms with E-state index in [1.807, 2.05) is 0 Å². The number of hydrogen-bond acceptors (Lipinski definition) is 3. The van der Waals surface area contributed by atoms with Crippen molar-refractivity contribution in [2.45, 2.75) is 52.7 Å². The Labute approximate surface area is 101 Å². The summed E-state index contributed by atoms with van der Waals surface area (Å²) in [6.07, 6.45) is 1.67. The second-order valence-corrected chi connectivity index (χ2v) is 5.19. The Morgan fingerprint density at radius 3 is 2.12 bits per heavy atom.